The van der Waals surface area contributed by atoms with E-state index in [0.29, 0.717) is 18.0 Å². The normalized spacial score (nSPS) is 22.1. The topological polar surface area (TPSA) is 32.3 Å². The van der Waals surface area contributed by atoms with E-state index < -0.39 is 0 Å². The highest BCUT2D eigenvalue weighted by atomic mass is 35.5. The van der Waals surface area contributed by atoms with Gasteiger partial charge in [0.15, 0.2) is 0 Å². The molecule has 0 aliphatic heterocycles. The van der Waals surface area contributed by atoms with E-state index in [9.17, 15) is 9.18 Å². The van der Waals surface area contributed by atoms with Crippen molar-refractivity contribution in [2.45, 2.75) is 37.6 Å². The van der Waals surface area contributed by atoms with Gasteiger partial charge >= 0.3 is 0 Å². The number of carbonyl (C=O) groups is 1. The Bertz CT molecular complexity index is 726. The van der Waals surface area contributed by atoms with Crippen LogP contribution in [0.3, 0.4) is 0 Å². The number of halogens is 2. The minimum Gasteiger partial charge on any atom is -0.326 e. The van der Waals surface area contributed by atoms with E-state index in [1.54, 1.807) is 12.1 Å². The van der Waals surface area contributed by atoms with Gasteiger partial charge < -0.3 is 5.32 Å². The molecule has 2 aromatic rings. The molecule has 146 valence electrons. The zero-order valence-corrected chi connectivity index (χ0v) is 16.8. The van der Waals surface area contributed by atoms with E-state index in [2.05, 4.69) is 54.6 Å². The fourth-order valence-electron chi connectivity index (χ4n) is 4.11. The number of hydrogen-bond donors (Lipinski definition) is 1. The standard InChI is InChI=1S/C22H27FN2O.ClH/c1-25(2)22(18-6-4-3-5-7-18)14-12-17(13-15-22)16-21(26)24-20-10-8-19(23)9-11-20;/h3-11,17H,12-16H2,1-2H3,(H,24,26);1H. The highest BCUT2D eigenvalue weighted by Crippen LogP contribution is 2.43. The summed E-state index contributed by atoms with van der Waals surface area (Å²) < 4.78 is 13.0. The van der Waals surface area contributed by atoms with Crippen LogP contribution in [0.5, 0.6) is 0 Å². The first-order valence-corrected chi connectivity index (χ1v) is 9.28. The van der Waals surface area contributed by atoms with Crippen LogP contribution >= 0.6 is 12.4 Å². The number of benzene rings is 2. The lowest BCUT2D eigenvalue weighted by molar-refractivity contribution is -0.117. The SMILES string of the molecule is CN(C)C1(c2ccccc2)CCC(CC(=O)Nc2ccc(F)cc2)CC1.Cl. The van der Waals surface area contributed by atoms with Crippen LogP contribution in [-0.4, -0.2) is 24.9 Å². The Hall–Kier alpha value is -1.91. The first kappa shape index (κ1) is 21.4. The van der Waals surface area contributed by atoms with Crippen LogP contribution in [0.1, 0.15) is 37.7 Å². The second-order valence-electron chi connectivity index (χ2n) is 7.49. The third kappa shape index (κ3) is 5.08. The second kappa shape index (κ2) is 9.34. The Morgan fingerprint density at radius 3 is 2.22 bits per heavy atom. The molecule has 1 aliphatic carbocycles. The first-order chi connectivity index (χ1) is 12.5. The summed E-state index contributed by atoms with van der Waals surface area (Å²) in [6.07, 6.45) is 4.69. The van der Waals surface area contributed by atoms with E-state index in [-0.39, 0.29) is 29.7 Å². The lowest BCUT2D eigenvalue weighted by Gasteiger charge is -2.45. The molecule has 0 aromatic heterocycles. The van der Waals surface area contributed by atoms with Gasteiger partial charge in [-0.3, -0.25) is 9.69 Å². The molecule has 1 fully saturated rings. The third-order valence-electron chi connectivity index (χ3n) is 5.70. The zero-order chi connectivity index (χ0) is 18.6. The lowest BCUT2D eigenvalue weighted by atomic mass is 9.71. The summed E-state index contributed by atoms with van der Waals surface area (Å²) in [4.78, 5) is 14.6. The fourth-order valence-corrected chi connectivity index (χ4v) is 4.11. The van der Waals surface area contributed by atoms with Gasteiger partial charge in [0, 0.05) is 17.6 Å². The average molecular weight is 391 g/mol. The van der Waals surface area contributed by atoms with Crippen LogP contribution in [0.4, 0.5) is 10.1 Å². The van der Waals surface area contributed by atoms with Gasteiger partial charge in [0.25, 0.3) is 0 Å². The number of carbonyl (C=O) groups excluding carboxylic acids is 1. The predicted octanol–water partition coefficient (Wildman–Crippen LogP) is 5.22. The molecule has 3 nitrogen and oxygen atoms in total. The molecule has 0 heterocycles. The zero-order valence-electron chi connectivity index (χ0n) is 16.0. The van der Waals surface area contributed by atoms with E-state index in [4.69, 9.17) is 0 Å². The van der Waals surface area contributed by atoms with Crippen LogP contribution < -0.4 is 5.32 Å². The van der Waals surface area contributed by atoms with Gasteiger partial charge in [-0.2, -0.15) is 0 Å². The molecule has 3 rings (SSSR count). The van der Waals surface area contributed by atoms with Crippen molar-refractivity contribution in [3.05, 3.63) is 66.0 Å². The number of amides is 1. The Kier molecular flexibility index (Phi) is 7.40. The number of anilines is 1. The summed E-state index contributed by atoms with van der Waals surface area (Å²) in [5.41, 5.74) is 2.07. The molecule has 1 saturated carbocycles. The third-order valence-corrected chi connectivity index (χ3v) is 5.70. The van der Waals surface area contributed by atoms with Gasteiger partial charge in [-0.1, -0.05) is 30.3 Å². The van der Waals surface area contributed by atoms with Crippen LogP contribution in [0.15, 0.2) is 54.6 Å². The molecule has 1 amide bonds. The molecule has 0 atom stereocenters. The Morgan fingerprint density at radius 1 is 1.07 bits per heavy atom. The van der Waals surface area contributed by atoms with Crippen LogP contribution in [0.2, 0.25) is 0 Å². The second-order valence-corrected chi connectivity index (χ2v) is 7.49. The highest BCUT2D eigenvalue weighted by Gasteiger charge is 2.38. The van der Waals surface area contributed by atoms with E-state index in [0.717, 1.165) is 25.7 Å². The van der Waals surface area contributed by atoms with E-state index in [1.807, 2.05) is 0 Å². The molecule has 0 unspecified atom stereocenters. The molecule has 0 radical (unpaired) electrons. The number of nitrogens with zero attached hydrogens (tertiary/aromatic N) is 1. The van der Waals surface area contributed by atoms with Crippen LogP contribution in [0.25, 0.3) is 0 Å². The van der Waals surface area contributed by atoms with Gasteiger partial charge in [-0.05, 0) is 75.5 Å². The summed E-state index contributed by atoms with van der Waals surface area (Å²) >= 11 is 0. The van der Waals surface area contributed by atoms with Crippen molar-refractivity contribution in [1.82, 2.24) is 4.90 Å². The van der Waals surface area contributed by atoms with Gasteiger partial charge in [-0.15, -0.1) is 12.4 Å². The van der Waals surface area contributed by atoms with Crippen molar-refractivity contribution in [2.24, 2.45) is 5.92 Å². The molecule has 2 aromatic carbocycles. The van der Waals surface area contributed by atoms with Crippen molar-refractivity contribution in [1.29, 1.82) is 0 Å². The summed E-state index contributed by atoms with van der Waals surface area (Å²) in [5, 5.41) is 2.88. The minimum atomic E-state index is -0.295. The molecule has 0 saturated heterocycles. The molecular formula is C22H28ClFN2O. The van der Waals surface area contributed by atoms with Crippen molar-refractivity contribution in [2.75, 3.05) is 19.4 Å². The largest absolute Gasteiger partial charge is 0.326 e. The van der Waals surface area contributed by atoms with Crippen molar-refractivity contribution >= 4 is 24.0 Å². The first-order valence-electron chi connectivity index (χ1n) is 9.28. The molecule has 0 bridgehead atoms. The molecule has 1 N–H and O–H groups in total. The molecule has 27 heavy (non-hydrogen) atoms. The maximum atomic E-state index is 13.0. The molecule has 0 spiro atoms. The summed E-state index contributed by atoms with van der Waals surface area (Å²) in [5.74, 6) is 0.113. The van der Waals surface area contributed by atoms with Crippen LogP contribution in [-0.2, 0) is 10.3 Å². The van der Waals surface area contributed by atoms with Crippen molar-refractivity contribution in [3.8, 4) is 0 Å². The lowest BCUT2D eigenvalue weighted by Crippen LogP contribution is -2.44. The number of rotatable bonds is 5. The quantitative estimate of drug-likeness (QED) is 0.758. The van der Waals surface area contributed by atoms with Crippen LogP contribution in [0, 0.1) is 11.7 Å². The minimum absolute atomic E-state index is 0. The molecule has 1 aliphatic rings. The Morgan fingerprint density at radius 2 is 1.67 bits per heavy atom. The van der Waals surface area contributed by atoms with Crippen molar-refractivity contribution < 1.29 is 9.18 Å². The van der Waals surface area contributed by atoms with E-state index in [1.165, 1.54) is 17.7 Å². The maximum Gasteiger partial charge on any atom is 0.224 e. The fraction of sp³-hybridized carbons (Fsp3) is 0.409. The van der Waals surface area contributed by atoms with Gasteiger partial charge in [0.05, 0.1) is 0 Å². The Balaban J connectivity index is 0.00000261. The van der Waals surface area contributed by atoms with Gasteiger partial charge in [0.2, 0.25) is 5.91 Å². The maximum absolute atomic E-state index is 13.0. The molecule has 5 heteroatoms. The summed E-state index contributed by atoms with van der Waals surface area (Å²) in [6, 6.07) is 16.6. The van der Waals surface area contributed by atoms with E-state index >= 15 is 0 Å². The van der Waals surface area contributed by atoms with Gasteiger partial charge in [-0.25, -0.2) is 4.39 Å². The van der Waals surface area contributed by atoms with Crippen molar-refractivity contribution in [3.63, 3.8) is 0 Å². The summed E-state index contributed by atoms with van der Waals surface area (Å²) in [6.45, 7) is 0. The Labute approximate surface area is 167 Å². The predicted molar refractivity (Wildman–Crippen MR) is 111 cm³/mol. The summed E-state index contributed by atoms with van der Waals surface area (Å²) in [7, 11) is 4.29. The molecular weight excluding hydrogens is 363 g/mol. The highest BCUT2D eigenvalue weighted by molar-refractivity contribution is 5.90. The smallest absolute Gasteiger partial charge is 0.224 e. The average Bonchev–Trinajstić information content (AvgIpc) is 2.65. The number of hydrogen-bond acceptors (Lipinski definition) is 2. The monoisotopic (exact) mass is 390 g/mol. The van der Waals surface area contributed by atoms with Gasteiger partial charge in [0.1, 0.15) is 5.82 Å². The number of nitrogens with one attached hydrogen (secondary N) is 1.